The van der Waals surface area contributed by atoms with Gasteiger partial charge in [0.2, 0.25) is 5.91 Å². The van der Waals surface area contributed by atoms with Crippen molar-refractivity contribution in [3.05, 3.63) is 48.0 Å². The highest BCUT2D eigenvalue weighted by Gasteiger charge is 2.44. The van der Waals surface area contributed by atoms with Crippen molar-refractivity contribution in [2.75, 3.05) is 26.3 Å². The largest absolute Gasteiger partial charge is 0.462 e. The summed E-state index contributed by atoms with van der Waals surface area (Å²) in [6.45, 7) is 7.83. The van der Waals surface area contributed by atoms with Crippen molar-refractivity contribution < 1.29 is 33.4 Å². The van der Waals surface area contributed by atoms with E-state index >= 15 is 0 Å². The average Bonchev–Trinajstić information content (AvgIpc) is 3.42. The zero-order chi connectivity index (χ0) is 26.3. The molecule has 1 aromatic rings. The van der Waals surface area contributed by atoms with E-state index in [1.807, 2.05) is 51.1 Å². The van der Waals surface area contributed by atoms with Gasteiger partial charge < -0.3 is 19.1 Å². The average molecular weight is 501 g/mol. The van der Waals surface area contributed by atoms with Gasteiger partial charge in [-0.05, 0) is 51.5 Å². The number of ether oxygens (including phenoxy) is 3. The Bertz CT molecular complexity index is 970. The van der Waals surface area contributed by atoms with Crippen molar-refractivity contribution in [1.82, 2.24) is 9.80 Å². The normalized spacial score (nSPS) is 20.9. The number of cyclic esters (lactones) is 1. The molecule has 2 saturated heterocycles. The summed E-state index contributed by atoms with van der Waals surface area (Å²) in [5.41, 5.74) is 0.391. The maximum absolute atomic E-state index is 13.8. The molecule has 0 aliphatic carbocycles. The van der Waals surface area contributed by atoms with E-state index in [1.165, 1.54) is 11.8 Å². The quantitative estimate of drug-likeness (QED) is 0.302. The molecule has 3 amide bonds. The molecule has 0 N–H and O–H groups in total. The summed E-state index contributed by atoms with van der Waals surface area (Å²) in [4.78, 5) is 52.9. The number of carbonyl (C=O) groups excluding carboxylic acids is 4. The highest BCUT2D eigenvalue weighted by molar-refractivity contribution is 5.95. The molecule has 0 bridgehead atoms. The first kappa shape index (κ1) is 27.2. The standard InChI is InChI=1S/C27H36N2O7/c1-19(30)34-15-9-8-12-23(21-13-14-28(17-21)25(32)36-27(2,3)4)24(31)29-22(18-35-26(29)33)16-20-10-6-5-7-11-20/h5-11,21-23H,12-18H2,1-4H3/b9-8+/t21-,22-,23-/m0/s1. The van der Waals surface area contributed by atoms with Crippen LogP contribution in [-0.4, -0.2) is 71.8 Å². The maximum Gasteiger partial charge on any atom is 0.416 e. The van der Waals surface area contributed by atoms with Crippen LogP contribution in [0.1, 0.15) is 46.1 Å². The number of allylic oxidation sites excluding steroid dienone is 1. The molecule has 0 saturated carbocycles. The first-order valence-corrected chi connectivity index (χ1v) is 12.3. The summed E-state index contributed by atoms with van der Waals surface area (Å²) in [6, 6.07) is 9.26. The summed E-state index contributed by atoms with van der Waals surface area (Å²) in [5.74, 6) is -1.41. The number of imide groups is 1. The topological polar surface area (TPSA) is 102 Å². The van der Waals surface area contributed by atoms with Crippen LogP contribution in [0, 0.1) is 11.8 Å². The Kier molecular flexibility index (Phi) is 9.12. The van der Waals surface area contributed by atoms with Crippen LogP contribution in [0.5, 0.6) is 0 Å². The van der Waals surface area contributed by atoms with E-state index in [1.54, 1.807) is 17.1 Å². The van der Waals surface area contributed by atoms with Gasteiger partial charge in [-0.3, -0.25) is 9.59 Å². The van der Waals surface area contributed by atoms with Gasteiger partial charge in [0.15, 0.2) is 0 Å². The van der Waals surface area contributed by atoms with E-state index in [9.17, 15) is 19.2 Å². The third-order valence-corrected chi connectivity index (χ3v) is 6.21. The van der Waals surface area contributed by atoms with Crippen LogP contribution in [0.3, 0.4) is 0 Å². The fourth-order valence-electron chi connectivity index (χ4n) is 4.52. The highest BCUT2D eigenvalue weighted by Crippen LogP contribution is 2.32. The number of hydrogen-bond donors (Lipinski definition) is 0. The molecule has 2 aliphatic heterocycles. The van der Waals surface area contributed by atoms with Crippen molar-refractivity contribution in [3.8, 4) is 0 Å². The minimum atomic E-state index is -0.642. The summed E-state index contributed by atoms with van der Waals surface area (Å²) in [7, 11) is 0. The Balaban J connectivity index is 1.75. The van der Waals surface area contributed by atoms with Gasteiger partial charge in [-0.25, -0.2) is 14.5 Å². The van der Waals surface area contributed by atoms with Gasteiger partial charge in [0.1, 0.15) is 18.8 Å². The second-order valence-electron chi connectivity index (χ2n) is 10.2. The molecule has 36 heavy (non-hydrogen) atoms. The van der Waals surface area contributed by atoms with Crippen LogP contribution < -0.4 is 0 Å². The fourth-order valence-corrected chi connectivity index (χ4v) is 4.52. The number of rotatable bonds is 8. The van der Waals surface area contributed by atoms with E-state index in [0.717, 1.165) is 5.56 Å². The van der Waals surface area contributed by atoms with Crippen molar-refractivity contribution in [3.63, 3.8) is 0 Å². The first-order chi connectivity index (χ1) is 17.0. The number of hydrogen-bond acceptors (Lipinski definition) is 7. The Morgan fingerprint density at radius 3 is 2.56 bits per heavy atom. The zero-order valence-corrected chi connectivity index (χ0v) is 21.5. The van der Waals surface area contributed by atoms with Crippen LogP contribution in [0.25, 0.3) is 0 Å². The molecule has 2 fully saturated rings. The van der Waals surface area contributed by atoms with E-state index in [2.05, 4.69) is 0 Å². The predicted octanol–water partition coefficient (Wildman–Crippen LogP) is 3.96. The minimum Gasteiger partial charge on any atom is -0.462 e. The lowest BCUT2D eigenvalue weighted by molar-refractivity contribution is -0.139. The summed E-state index contributed by atoms with van der Waals surface area (Å²) in [5, 5.41) is 0. The first-order valence-electron chi connectivity index (χ1n) is 12.3. The second-order valence-corrected chi connectivity index (χ2v) is 10.2. The van der Waals surface area contributed by atoms with Gasteiger partial charge in [-0.2, -0.15) is 0 Å². The lowest BCUT2D eigenvalue weighted by atomic mass is 9.86. The van der Waals surface area contributed by atoms with Crippen LogP contribution in [-0.2, 0) is 30.2 Å². The molecule has 1 aromatic carbocycles. The van der Waals surface area contributed by atoms with Crippen LogP contribution in [0.2, 0.25) is 0 Å². The molecule has 3 rings (SSSR count). The Labute approximate surface area is 212 Å². The summed E-state index contributed by atoms with van der Waals surface area (Å²) < 4.78 is 15.7. The summed E-state index contributed by atoms with van der Waals surface area (Å²) >= 11 is 0. The number of benzene rings is 1. The Morgan fingerprint density at radius 1 is 1.17 bits per heavy atom. The van der Waals surface area contributed by atoms with Gasteiger partial charge in [0, 0.05) is 25.9 Å². The van der Waals surface area contributed by atoms with Gasteiger partial charge in [-0.15, -0.1) is 0 Å². The molecule has 9 heteroatoms. The smallest absolute Gasteiger partial charge is 0.416 e. The van der Waals surface area contributed by atoms with Crippen molar-refractivity contribution in [1.29, 1.82) is 0 Å². The van der Waals surface area contributed by atoms with E-state index in [4.69, 9.17) is 14.2 Å². The molecule has 3 atom stereocenters. The molecule has 0 aromatic heterocycles. The molecule has 196 valence electrons. The molecule has 0 unspecified atom stereocenters. The van der Waals surface area contributed by atoms with E-state index in [-0.39, 0.29) is 31.0 Å². The molecular weight excluding hydrogens is 464 g/mol. The van der Waals surface area contributed by atoms with Crippen LogP contribution in [0.15, 0.2) is 42.5 Å². The second kappa shape index (κ2) is 12.1. The molecule has 9 nitrogen and oxygen atoms in total. The molecule has 2 heterocycles. The zero-order valence-electron chi connectivity index (χ0n) is 21.5. The van der Waals surface area contributed by atoms with Gasteiger partial charge in [-0.1, -0.05) is 42.5 Å². The number of esters is 1. The summed E-state index contributed by atoms with van der Waals surface area (Å²) in [6.07, 6.45) is 3.87. The van der Waals surface area contributed by atoms with Crippen molar-refractivity contribution in [2.45, 2.75) is 58.6 Å². The maximum atomic E-state index is 13.8. The van der Waals surface area contributed by atoms with Gasteiger partial charge in [0.25, 0.3) is 0 Å². The van der Waals surface area contributed by atoms with Crippen molar-refractivity contribution >= 4 is 24.1 Å². The Hall–Kier alpha value is -3.36. The molecule has 0 spiro atoms. The lowest BCUT2D eigenvalue weighted by Gasteiger charge is -2.28. The lowest BCUT2D eigenvalue weighted by Crippen LogP contribution is -2.46. The SMILES string of the molecule is CC(=O)OC/C=C/C[C@H](C(=O)N1C(=O)OC[C@@H]1Cc1ccccc1)[C@H]1CCN(C(=O)OC(C)(C)C)C1. The van der Waals surface area contributed by atoms with E-state index in [0.29, 0.717) is 32.4 Å². The number of amides is 3. The number of carbonyl (C=O) groups is 4. The third kappa shape index (κ3) is 7.57. The molecule has 0 radical (unpaired) electrons. The third-order valence-electron chi connectivity index (χ3n) is 6.21. The number of nitrogens with zero attached hydrogens (tertiary/aromatic N) is 2. The van der Waals surface area contributed by atoms with Crippen LogP contribution in [0.4, 0.5) is 9.59 Å². The Morgan fingerprint density at radius 2 is 1.89 bits per heavy atom. The highest BCUT2D eigenvalue weighted by atomic mass is 16.6. The van der Waals surface area contributed by atoms with Gasteiger partial charge >= 0.3 is 18.2 Å². The predicted molar refractivity (Wildman–Crippen MR) is 132 cm³/mol. The van der Waals surface area contributed by atoms with Gasteiger partial charge in [0.05, 0.1) is 6.04 Å². The fraction of sp³-hybridized carbons (Fsp3) is 0.556. The number of likely N-dealkylation sites (tertiary alicyclic amines) is 1. The van der Waals surface area contributed by atoms with Crippen LogP contribution >= 0.6 is 0 Å². The minimum absolute atomic E-state index is 0.104. The van der Waals surface area contributed by atoms with Crippen molar-refractivity contribution in [2.24, 2.45) is 11.8 Å². The molecule has 2 aliphatic rings. The molecular formula is C27H36N2O7. The monoisotopic (exact) mass is 500 g/mol. The van der Waals surface area contributed by atoms with E-state index < -0.39 is 29.7 Å².